The van der Waals surface area contributed by atoms with E-state index in [-0.39, 0.29) is 5.41 Å². The zero-order chi connectivity index (χ0) is 8.04. The fourth-order valence-electron chi connectivity index (χ4n) is 1.28. The van der Waals surface area contributed by atoms with Crippen LogP contribution < -0.4 is 0 Å². The van der Waals surface area contributed by atoms with Crippen molar-refractivity contribution in [2.75, 3.05) is 0 Å². The lowest BCUT2D eigenvalue weighted by atomic mass is 9.80. The molecule has 0 fully saturated rings. The molecule has 1 heteroatoms. The van der Waals surface area contributed by atoms with E-state index >= 15 is 0 Å². The summed E-state index contributed by atoms with van der Waals surface area (Å²) in [6, 6.07) is 0. The van der Waals surface area contributed by atoms with Crippen molar-refractivity contribution in [3.05, 3.63) is 0 Å². The van der Waals surface area contributed by atoms with Crippen LogP contribution in [-0.2, 0) is 4.79 Å². The molecule has 0 aromatic carbocycles. The molecule has 0 unspecified atom stereocenters. The second-order valence-electron chi connectivity index (χ2n) is 2.84. The Balaban J connectivity index is 4.00. The van der Waals surface area contributed by atoms with Gasteiger partial charge in [-0.15, -0.1) is 0 Å². The molecule has 0 aromatic heterocycles. The molecule has 1 radical (unpaired) electrons. The van der Waals surface area contributed by atoms with Crippen molar-refractivity contribution in [2.45, 2.75) is 46.5 Å². The maximum atomic E-state index is 10.6. The van der Waals surface area contributed by atoms with E-state index in [0.29, 0.717) is 0 Å². The van der Waals surface area contributed by atoms with Crippen LogP contribution in [0.5, 0.6) is 0 Å². The second-order valence-corrected chi connectivity index (χ2v) is 2.84. The second kappa shape index (κ2) is 4.48. The van der Waals surface area contributed by atoms with E-state index in [2.05, 4.69) is 27.1 Å². The summed E-state index contributed by atoms with van der Waals surface area (Å²) in [5.74, 6) is 0. The average molecular weight is 141 g/mol. The van der Waals surface area contributed by atoms with Gasteiger partial charge in [0.2, 0.25) is 6.29 Å². The van der Waals surface area contributed by atoms with Crippen molar-refractivity contribution in [1.29, 1.82) is 0 Å². The number of carbonyl (C=O) groups excluding carboxylic acids is 1. The molecule has 0 bridgehead atoms. The Labute approximate surface area is 63.8 Å². The molecule has 59 valence electrons. The summed E-state index contributed by atoms with van der Waals surface area (Å²) in [5.41, 5.74) is -0.130. The third-order valence-corrected chi connectivity index (χ3v) is 2.30. The molecule has 0 aromatic rings. The van der Waals surface area contributed by atoms with Gasteiger partial charge in [0.1, 0.15) is 0 Å². The first kappa shape index (κ1) is 9.67. The summed E-state index contributed by atoms with van der Waals surface area (Å²) in [5, 5.41) is 0. The van der Waals surface area contributed by atoms with Gasteiger partial charge in [-0.05, 0) is 19.3 Å². The summed E-state index contributed by atoms with van der Waals surface area (Å²) in [4.78, 5) is 10.6. The first-order valence-corrected chi connectivity index (χ1v) is 4.14. The van der Waals surface area contributed by atoms with E-state index in [1.54, 1.807) is 0 Å². The Hall–Kier alpha value is -0.330. The van der Waals surface area contributed by atoms with Crippen LogP contribution in [0.15, 0.2) is 0 Å². The summed E-state index contributed by atoms with van der Waals surface area (Å²) >= 11 is 0. The van der Waals surface area contributed by atoms with Gasteiger partial charge in [0, 0.05) is 5.41 Å². The van der Waals surface area contributed by atoms with E-state index in [1.807, 2.05) is 0 Å². The van der Waals surface area contributed by atoms with Gasteiger partial charge in [-0.25, -0.2) is 0 Å². The highest BCUT2D eigenvalue weighted by atomic mass is 16.1. The lowest BCUT2D eigenvalue weighted by Crippen LogP contribution is -2.19. The van der Waals surface area contributed by atoms with Crippen LogP contribution in [0.4, 0.5) is 0 Å². The van der Waals surface area contributed by atoms with Crippen molar-refractivity contribution >= 4 is 6.29 Å². The maximum Gasteiger partial charge on any atom is 0.205 e. The Morgan fingerprint density at radius 2 is 1.70 bits per heavy atom. The normalized spacial score (nSPS) is 11.5. The molecule has 0 N–H and O–H groups in total. The lowest BCUT2D eigenvalue weighted by molar-refractivity contribution is 0.331. The Morgan fingerprint density at radius 3 is 1.80 bits per heavy atom. The summed E-state index contributed by atoms with van der Waals surface area (Å²) in [6.07, 6.45) is 6.10. The molecule has 0 aliphatic rings. The van der Waals surface area contributed by atoms with Gasteiger partial charge in [-0.2, -0.15) is 0 Å². The first-order valence-electron chi connectivity index (χ1n) is 4.14. The van der Waals surface area contributed by atoms with E-state index in [9.17, 15) is 4.79 Å². The van der Waals surface area contributed by atoms with Crippen LogP contribution in [0.1, 0.15) is 46.5 Å². The fourth-order valence-corrected chi connectivity index (χ4v) is 1.28. The molecule has 0 rings (SSSR count). The molecule has 0 spiro atoms. The quantitative estimate of drug-likeness (QED) is 0.575. The van der Waals surface area contributed by atoms with Gasteiger partial charge < -0.3 is 0 Å². The highest BCUT2D eigenvalue weighted by Crippen LogP contribution is 2.28. The van der Waals surface area contributed by atoms with Gasteiger partial charge in [-0.3, -0.25) is 4.79 Å². The third-order valence-electron chi connectivity index (χ3n) is 2.30. The van der Waals surface area contributed by atoms with Gasteiger partial charge in [0.25, 0.3) is 0 Å². The molecule has 1 nitrogen and oxygen atoms in total. The van der Waals surface area contributed by atoms with Crippen LogP contribution in [0.25, 0.3) is 0 Å². The Morgan fingerprint density at radius 1 is 1.20 bits per heavy atom. The number of hydrogen-bond acceptors (Lipinski definition) is 1. The molecule has 0 saturated carbocycles. The van der Waals surface area contributed by atoms with E-state index in [4.69, 9.17) is 0 Å². The zero-order valence-electron chi connectivity index (χ0n) is 7.24. The summed E-state index contributed by atoms with van der Waals surface area (Å²) in [6.45, 7) is 6.23. The van der Waals surface area contributed by atoms with Gasteiger partial charge >= 0.3 is 0 Å². The smallest absolute Gasteiger partial charge is 0.205 e. The van der Waals surface area contributed by atoms with E-state index in [0.717, 1.165) is 25.7 Å². The molecule has 0 atom stereocenters. The van der Waals surface area contributed by atoms with Crippen molar-refractivity contribution in [1.82, 2.24) is 0 Å². The highest BCUT2D eigenvalue weighted by molar-refractivity contribution is 5.59. The third kappa shape index (κ3) is 2.13. The number of rotatable bonds is 5. The molecule has 0 aliphatic heterocycles. The largest absolute Gasteiger partial charge is 0.290 e. The monoisotopic (exact) mass is 141 g/mol. The minimum atomic E-state index is -0.130. The zero-order valence-corrected chi connectivity index (χ0v) is 7.24. The van der Waals surface area contributed by atoms with Crippen LogP contribution in [0.2, 0.25) is 0 Å². The maximum absolute atomic E-state index is 10.6. The van der Waals surface area contributed by atoms with E-state index < -0.39 is 0 Å². The van der Waals surface area contributed by atoms with Crippen molar-refractivity contribution in [3.63, 3.8) is 0 Å². The first-order chi connectivity index (χ1) is 4.74. The van der Waals surface area contributed by atoms with Gasteiger partial charge in [0.05, 0.1) is 0 Å². The fraction of sp³-hybridized carbons (Fsp3) is 0.889. The van der Waals surface area contributed by atoms with Crippen molar-refractivity contribution < 1.29 is 4.79 Å². The van der Waals surface area contributed by atoms with Crippen LogP contribution >= 0.6 is 0 Å². The minimum absolute atomic E-state index is 0.130. The average Bonchev–Trinajstić information content (AvgIpc) is 2.01. The number of hydrogen-bond donors (Lipinski definition) is 0. The summed E-state index contributed by atoms with van der Waals surface area (Å²) in [7, 11) is 0. The molecule has 10 heavy (non-hydrogen) atoms. The SMILES string of the molecule is CCCC([C]=O)(CC)CC. The molecule has 0 saturated heterocycles. The van der Waals surface area contributed by atoms with Crippen LogP contribution in [0.3, 0.4) is 0 Å². The molecule has 0 heterocycles. The van der Waals surface area contributed by atoms with E-state index in [1.165, 1.54) is 0 Å². The van der Waals surface area contributed by atoms with Gasteiger partial charge in [-0.1, -0.05) is 27.2 Å². The molecular weight excluding hydrogens is 124 g/mol. The summed E-state index contributed by atoms with van der Waals surface area (Å²) < 4.78 is 0. The topological polar surface area (TPSA) is 17.1 Å². The minimum Gasteiger partial charge on any atom is -0.290 e. The standard InChI is InChI=1S/C9H17O/c1-4-7-9(5-2,6-3)8-10/h4-7H2,1-3H3. The molecule has 0 aliphatic carbocycles. The predicted octanol–water partition coefficient (Wildman–Crippen LogP) is 2.70. The molecule has 0 amide bonds. The van der Waals surface area contributed by atoms with Gasteiger partial charge in [0.15, 0.2) is 0 Å². The lowest BCUT2D eigenvalue weighted by Gasteiger charge is -2.22. The molecular formula is C9H17O. The van der Waals surface area contributed by atoms with Crippen molar-refractivity contribution in [3.8, 4) is 0 Å². The van der Waals surface area contributed by atoms with Crippen LogP contribution in [-0.4, -0.2) is 6.29 Å². The highest BCUT2D eigenvalue weighted by Gasteiger charge is 2.24. The van der Waals surface area contributed by atoms with Crippen molar-refractivity contribution in [2.24, 2.45) is 5.41 Å². The Bertz CT molecular complexity index is 92.9. The Kier molecular flexibility index (Phi) is 4.33. The predicted molar refractivity (Wildman–Crippen MR) is 43.6 cm³/mol. The van der Waals surface area contributed by atoms with Crippen LogP contribution in [0, 0.1) is 5.41 Å².